The van der Waals surface area contributed by atoms with Gasteiger partial charge in [0.15, 0.2) is 0 Å². The van der Waals surface area contributed by atoms with E-state index in [1.807, 2.05) is 6.07 Å². The molecule has 2 saturated carbocycles. The SMILES string of the molecule is CCC1CC(OCc2c(-c3ccccc3OC(F)(F)F)noc2C2CC2)C[C@H](C)N1c1ncc(C(=O)OC)cc1C1CC1. The molecule has 3 aliphatic rings. The number of benzene rings is 1. The second kappa shape index (κ2) is 11.8. The van der Waals surface area contributed by atoms with Crippen LogP contribution in [0.2, 0.25) is 0 Å². The number of pyridine rings is 1. The fourth-order valence-electron chi connectivity index (χ4n) is 6.28. The summed E-state index contributed by atoms with van der Waals surface area (Å²) < 4.78 is 60.9. The highest BCUT2D eigenvalue weighted by molar-refractivity contribution is 5.89. The monoisotopic (exact) mass is 599 g/mol. The van der Waals surface area contributed by atoms with Crippen molar-refractivity contribution in [2.24, 2.45) is 0 Å². The van der Waals surface area contributed by atoms with Crippen molar-refractivity contribution in [1.82, 2.24) is 10.1 Å². The summed E-state index contributed by atoms with van der Waals surface area (Å²) in [6, 6.07) is 8.19. The molecule has 0 amide bonds. The minimum Gasteiger partial charge on any atom is -0.465 e. The maximum Gasteiger partial charge on any atom is 0.573 e. The second-order valence-corrected chi connectivity index (χ2v) is 11.8. The second-order valence-electron chi connectivity index (χ2n) is 11.8. The number of nitrogens with zero attached hydrogens (tertiary/aromatic N) is 3. The Bertz CT molecular complexity index is 1470. The number of esters is 1. The molecule has 0 radical (unpaired) electrons. The van der Waals surface area contributed by atoms with E-state index >= 15 is 0 Å². The molecule has 1 aliphatic heterocycles. The molecule has 3 fully saturated rings. The number of carbonyl (C=O) groups is 1. The van der Waals surface area contributed by atoms with Crippen molar-refractivity contribution in [2.45, 2.75) is 102 Å². The third kappa shape index (κ3) is 6.37. The molecular weight excluding hydrogens is 563 g/mol. The fraction of sp³-hybridized carbons (Fsp3) is 0.531. The third-order valence-electron chi connectivity index (χ3n) is 8.65. The summed E-state index contributed by atoms with van der Waals surface area (Å²) in [7, 11) is 1.37. The van der Waals surface area contributed by atoms with Gasteiger partial charge < -0.3 is 23.6 Å². The number of aromatic nitrogens is 2. The lowest BCUT2D eigenvalue weighted by Gasteiger charge is -2.45. The predicted molar refractivity (Wildman–Crippen MR) is 152 cm³/mol. The van der Waals surface area contributed by atoms with E-state index in [1.165, 1.54) is 19.2 Å². The van der Waals surface area contributed by atoms with Crippen LogP contribution in [0.1, 0.15) is 97.9 Å². The number of piperidine rings is 1. The van der Waals surface area contributed by atoms with Gasteiger partial charge in [-0.2, -0.15) is 0 Å². The van der Waals surface area contributed by atoms with E-state index in [4.69, 9.17) is 19.0 Å². The van der Waals surface area contributed by atoms with Crippen LogP contribution in [0.3, 0.4) is 0 Å². The topological polar surface area (TPSA) is 86.9 Å². The molecule has 43 heavy (non-hydrogen) atoms. The predicted octanol–water partition coefficient (Wildman–Crippen LogP) is 7.53. The molecule has 3 atom stereocenters. The van der Waals surface area contributed by atoms with Gasteiger partial charge >= 0.3 is 12.3 Å². The summed E-state index contributed by atoms with van der Waals surface area (Å²) in [4.78, 5) is 19.4. The molecular formula is C32H36F3N3O5. The number of carbonyl (C=O) groups excluding carboxylic acids is 1. The van der Waals surface area contributed by atoms with Crippen molar-refractivity contribution in [3.05, 3.63) is 59.0 Å². The van der Waals surface area contributed by atoms with E-state index in [-0.39, 0.29) is 48.0 Å². The first-order valence-electron chi connectivity index (χ1n) is 15.0. The third-order valence-corrected chi connectivity index (χ3v) is 8.65. The first-order valence-corrected chi connectivity index (χ1v) is 15.0. The van der Waals surface area contributed by atoms with E-state index in [1.54, 1.807) is 18.3 Å². The zero-order valence-electron chi connectivity index (χ0n) is 24.5. The van der Waals surface area contributed by atoms with Gasteiger partial charge in [0.05, 0.1) is 25.4 Å². The van der Waals surface area contributed by atoms with Gasteiger partial charge in [0.2, 0.25) is 0 Å². The molecule has 0 bridgehead atoms. The fourth-order valence-corrected chi connectivity index (χ4v) is 6.28. The number of rotatable bonds is 10. The van der Waals surface area contributed by atoms with E-state index in [9.17, 15) is 18.0 Å². The highest BCUT2D eigenvalue weighted by Crippen LogP contribution is 2.47. The average molecular weight is 600 g/mol. The van der Waals surface area contributed by atoms with Gasteiger partial charge in [-0.05, 0) is 81.5 Å². The van der Waals surface area contributed by atoms with E-state index < -0.39 is 6.36 Å². The van der Waals surface area contributed by atoms with Crippen molar-refractivity contribution < 1.29 is 36.7 Å². The normalized spacial score (nSPS) is 22.5. The van der Waals surface area contributed by atoms with Crippen LogP contribution in [0.5, 0.6) is 5.75 Å². The highest BCUT2D eigenvalue weighted by atomic mass is 19.4. The van der Waals surface area contributed by atoms with Crippen LogP contribution in [-0.4, -0.2) is 47.8 Å². The number of para-hydroxylation sites is 1. The molecule has 0 N–H and O–H groups in total. The Labute approximate surface area is 248 Å². The molecule has 3 aromatic rings. The molecule has 2 unspecified atom stereocenters. The lowest BCUT2D eigenvalue weighted by Crippen LogP contribution is -2.51. The van der Waals surface area contributed by atoms with Gasteiger partial charge in [0.1, 0.15) is 23.0 Å². The summed E-state index contributed by atoms with van der Waals surface area (Å²) in [6.45, 7) is 4.49. The van der Waals surface area contributed by atoms with Crippen LogP contribution in [0.15, 0.2) is 41.1 Å². The quantitative estimate of drug-likeness (QED) is 0.221. The minimum absolute atomic E-state index is 0.0774. The lowest BCUT2D eigenvalue weighted by atomic mass is 9.91. The van der Waals surface area contributed by atoms with Gasteiger partial charge in [-0.25, -0.2) is 9.78 Å². The van der Waals surface area contributed by atoms with Gasteiger partial charge in [0.25, 0.3) is 0 Å². The van der Waals surface area contributed by atoms with Crippen LogP contribution < -0.4 is 9.64 Å². The first-order chi connectivity index (χ1) is 20.7. The van der Waals surface area contributed by atoms with E-state index in [0.717, 1.165) is 56.3 Å². The van der Waals surface area contributed by atoms with Gasteiger partial charge in [-0.15, -0.1) is 13.2 Å². The van der Waals surface area contributed by atoms with Crippen molar-refractivity contribution in [2.75, 3.05) is 12.0 Å². The Morgan fingerprint density at radius 2 is 1.86 bits per heavy atom. The lowest BCUT2D eigenvalue weighted by molar-refractivity contribution is -0.274. The van der Waals surface area contributed by atoms with Crippen molar-refractivity contribution in [1.29, 1.82) is 0 Å². The zero-order valence-corrected chi connectivity index (χ0v) is 24.5. The number of alkyl halides is 3. The van der Waals surface area contributed by atoms with Gasteiger partial charge in [-0.3, -0.25) is 0 Å². The maximum absolute atomic E-state index is 13.2. The Morgan fingerprint density at radius 1 is 1.12 bits per heavy atom. The van der Waals surface area contributed by atoms with Crippen LogP contribution in [0.4, 0.5) is 19.0 Å². The Hall–Kier alpha value is -3.60. The summed E-state index contributed by atoms with van der Waals surface area (Å²) in [5.74, 6) is 1.48. The van der Waals surface area contributed by atoms with Crippen LogP contribution in [0.25, 0.3) is 11.3 Å². The minimum atomic E-state index is -4.83. The first kappa shape index (κ1) is 29.5. The standard InChI is InChI=1S/C32H36F3N3O5/c1-4-22-15-23(13-18(2)38(22)30-25(19-9-10-19)14-21(16-36-30)31(39)40-3)41-17-26-28(37-43-29(26)20-11-12-20)24-7-5-6-8-27(24)42-32(33,34)35/h5-8,14,16,18-20,22-23H,4,9-13,15,17H2,1-3H3/t18-,22?,23?/m0/s1. The van der Waals surface area contributed by atoms with E-state index in [2.05, 4.69) is 28.6 Å². The number of halogens is 3. The largest absolute Gasteiger partial charge is 0.573 e. The number of methoxy groups -OCH3 is 1. The van der Waals surface area contributed by atoms with E-state index in [0.29, 0.717) is 28.5 Å². The molecule has 230 valence electrons. The van der Waals surface area contributed by atoms with Crippen LogP contribution in [0, 0.1) is 0 Å². The molecule has 3 heterocycles. The smallest absolute Gasteiger partial charge is 0.465 e. The number of hydrogen-bond donors (Lipinski definition) is 0. The average Bonchev–Trinajstić information content (AvgIpc) is 3.93. The van der Waals surface area contributed by atoms with Crippen molar-refractivity contribution in [3.8, 4) is 17.0 Å². The molecule has 2 aromatic heterocycles. The summed E-state index contributed by atoms with van der Waals surface area (Å²) in [5.41, 5.74) is 2.78. The summed E-state index contributed by atoms with van der Waals surface area (Å²) in [6.07, 6.45) is 3.12. The molecule has 1 saturated heterocycles. The zero-order chi connectivity index (χ0) is 30.3. The van der Waals surface area contributed by atoms with Crippen molar-refractivity contribution in [3.63, 3.8) is 0 Å². The molecule has 2 aliphatic carbocycles. The Balaban J connectivity index is 1.22. The highest BCUT2D eigenvalue weighted by Gasteiger charge is 2.39. The molecule has 8 nitrogen and oxygen atoms in total. The molecule has 1 aromatic carbocycles. The maximum atomic E-state index is 13.2. The summed E-state index contributed by atoms with van der Waals surface area (Å²) >= 11 is 0. The van der Waals surface area contributed by atoms with Crippen molar-refractivity contribution >= 4 is 11.8 Å². The molecule has 6 rings (SSSR count). The molecule has 0 spiro atoms. The Morgan fingerprint density at radius 3 is 2.53 bits per heavy atom. The number of anilines is 1. The number of ether oxygens (including phenoxy) is 3. The summed E-state index contributed by atoms with van der Waals surface area (Å²) in [5, 5.41) is 4.21. The number of hydrogen-bond acceptors (Lipinski definition) is 8. The van der Waals surface area contributed by atoms with Crippen LogP contribution in [-0.2, 0) is 16.1 Å². The van der Waals surface area contributed by atoms with Gasteiger partial charge in [0, 0.05) is 35.3 Å². The molecule has 11 heteroatoms. The van der Waals surface area contributed by atoms with Gasteiger partial charge in [-0.1, -0.05) is 24.2 Å². The Kier molecular flexibility index (Phi) is 8.10. The van der Waals surface area contributed by atoms with Crippen LogP contribution >= 0.6 is 0 Å².